The maximum Gasteiger partial charge on any atom is 0.278 e. The molecule has 1 fully saturated rings. The summed E-state index contributed by atoms with van der Waals surface area (Å²) in [6.07, 6.45) is 0. The van der Waals surface area contributed by atoms with Crippen molar-refractivity contribution in [2.45, 2.75) is 0 Å². The van der Waals surface area contributed by atoms with E-state index in [1.165, 1.54) is 4.90 Å². The van der Waals surface area contributed by atoms with Crippen molar-refractivity contribution < 1.29 is 28.5 Å². The van der Waals surface area contributed by atoms with Crippen molar-refractivity contribution in [3.63, 3.8) is 0 Å². The Morgan fingerprint density at radius 1 is 0.912 bits per heavy atom. The van der Waals surface area contributed by atoms with Gasteiger partial charge in [-0.05, 0) is 18.2 Å². The van der Waals surface area contributed by atoms with Crippen LogP contribution in [0.25, 0.3) is 5.57 Å². The maximum absolute atomic E-state index is 13.6. The van der Waals surface area contributed by atoms with Crippen molar-refractivity contribution in [1.82, 2.24) is 9.80 Å². The Balaban J connectivity index is 1.47. The number of benzene rings is 2. The van der Waals surface area contributed by atoms with E-state index in [0.717, 1.165) is 13.1 Å². The maximum atomic E-state index is 13.6. The van der Waals surface area contributed by atoms with Crippen LogP contribution >= 0.6 is 0 Å². The number of methoxy groups -OCH3 is 1. The Kier molecular flexibility index (Phi) is 6.37. The monoisotopic (exact) mass is 465 g/mol. The number of amides is 2. The van der Waals surface area contributed by atoms with E-state index >= 15 is 0 Å². The van der Waals surface area contributed by atoms with Gasteiger partial charge in [0.05, 0.1) is 25.9 Å². The van der Waals surface area contributed by atoms with Crippen molar-refractivity contribution in [2.75, 3.05) is 65.0 Å². The predicted molar refractivity (Wildman–Crippen MR) is 125 cm³/mol. The van der Waals surface area contributed by atoms with E-state index in [4.69, 9.17) is 18.9 Å². The summed E-state index contributed by atoms with van der Waals surface area (Å²) >= 11 is 0. The van der Waals surface area contributed by atoms with Gasteiger partial charge in [0, 0.05) is 43.5 Å². The van der Waals surface area contributed by atoms with Crippen LogP contribution < -0.4 is 19.5 Å². The highest BCUT2D eigenvalue weighted by Crippen LogP contribution is 2.37. The molecule has 5 rings (SSSR count). The predicted octanol–water partition coefficient (Wildman–Crippen LogP) is 1.99. The average molecular weight is 466 g/mol. The van der Waals surface area contributed by atoms with Gasteiger partial charge in [-0.1, -0.05) is 18.2 Å². The Labute approximate surface area is 197 Å². The quantitative estimate of drug-likeness (QED) is 0.621. The van der Waals surface area contributed by atoms with Crippen LogP contribution in [0.15, 0.2) is 48.2 Å². The minimum atomic E-state index is -0.367. The third kappa shape index (κ3) is 4.32. The molecule has 0 aromatic heterocycles. The lowest BCUT2D eigenvalue weighted by Crippen LogP contribution is -2.43. The number of hydrogen-bond acceptors (Lipinski definition) is 8. The molecule has 0 radical (unpaired) electrons. The molecule has 0 spiro atoms. The molecule has 2 amide bonds. The molecular weight excluding hydrogens is 438 g/mol. The number of morpholine rings is 1. The van der Waals surface area contributed by atoms with Gasteiger partial charge in [0.1, 0.15) is 24.7 Å². The summed E-state index contributed by atoms with van der Waals surface area (Å²) in [5, 5.41) is 3.18. The molecule has 3 aliphatic rings. The number of ether oxygens (including phenoxy) is 4. The van der Waals surface area contributed by atoms with Gasteiger partial charge in [0.2, 0.25) is 0 Å². The van der Waals surface area contributed by atoms with E-state index in [-0.39, 0.29) is 17.5 Å². The van der Waals surface area contributed by atoms with Crippen LogP contribution in [0.2, 0.25) is 0 Å². The minimum absolute atomic E-state index is 0.216. The number of nitrogens with one attached hydrogen (secondary N) is 1. The Morgan fingerprint density at radius 2 is 1.68 bits per heavy atom. The number of fused-ring (bicyclic) bond motifs is 1. The number of anilines is 1. The number of imide groups is 1. The van der Waals surface area contributed by atoms with Crippen LogP contribution in [0.1, 0.15) is 5.56 Å². The first-order valence-electron chi connectivity index (χ1n) is 11.4. The molecule has 0 bridgehead atoms. The second kappa shape index (κ2) is 9.74. The molecule has 9 heteroatoms. The first-order valence-corrected chi connectivity index (χ1v) is 11.4. The number of rotatable bonds is 7. The van der Waals surface area contributed by atoms with E-state index in [1.807, 2.05) is 12.1 Å². The number of carbonyl (C=O) groups is 2. The molecule has 1 saturated heterocycles. The molecule has 2 aromatic carbocycles. The topological polar surface area (TPSA) is 89.6 Å². The number of hydrogen-bond donors (Lipinski definition) is 1. The van der Waals surface area contributed by atoms with Crippen molar-refractivity contribution in [1.29, 1.82) is 0 Å². The summed E-state index contributed by atoms with van der Waals surface area (Å²) in [6, 6.07) is 12.6. The van der Waals surface area contributed by atoms with Gasteiger partial charge >= 0.3 is 0 Å². The first-order chi connectivity index (χ1) is 16.7. The molecule has 0 saturated carbocycles. The normalized spacial score (nSPS) is 18.4. The molecule has 34 heavy (non-hydrogen) atoms. The van der Waals surface area contributed by atoms with Gasteiger partial charge in [0.25, 0.3) is 11.8 Å². The second-order valence-electron chi connectivity index (χ2n) is 8.15. The SMILES string of the molecule is COc1ccccc1C1=C(Nc2ccc3c(c2)OCCO3)C(=O)N(CCN2CCOCC2)C1=O. The van der Waals surface area contributed by atoms with E-state index in [0.29, 0.717) is 73.6 Å². The number of nitrogens with zero attached hydrogens (tertiary/aromatic N) is 2. The molecule has 0 unspecified atom stereocenters. The smallest absolute Gasteiger partial charge is 0.278 e. The fourth-order valence-electron chi connectivity index (χ4n) is 4.33. The van der Waals surface area contributed by atoms with Crippen molar-refractivity contribution >= 4 is 23.1 Å². The summed E-state index contributed by atoms with van der Waals surface area (Å²) in [6.45, 7) is 4.72. The molecule has 2 aromatic rings. The van der Waals surface area contributed by atoms with Crippen molar-refractivity contribution in [2.24, 2.45) is 0 Å². The fraction of sp³-hybridized carbons (Fsp3) is 0.360. The van der Waals surface area contributed by atoms with Crippen LogP contribution in [-0.2, 0) is 14.3 Å². The number of carbonyl (C=O) groups excluding carboxylic acids is 2. The molecule has 3 heterocycles. The van der Waals surface area contributed by atoms with Gasteiger partial charge in [-0.3, -0.25) is 19.4 Å². The zero-order valence-electron chi connectivity index (χ0n) is 19.0. The average Bonchev–Trinajstić information content (AvgIpc) is 3.11. The lowest BCUT2D eigenvalue weighted by Gasteiger charge is -2.28. The second-order valence-corrected chi connectivity index (χ2v) is 8.15. The summed E-state index contributed by atoms with van der Waals surface area (Å²) in [4.78, 5) is 30.6. The Hall–Kier alpha value is -3.56. The van der Waals surface area contributed by atoms with Crippen LogP contribution in [0.4, 0.5) is 5.69 Å². The zero-order chi connectivity index (χ0) is 23.5. The van der Waals surface area contributed by atoms with Crippen LogP contribution in [-0.4, -0.2) is 81.3 Å². The highest BCUT2D eigenvalue weighted by Gasteiger charge is 2.40. The van der Waals surface area contributed by atoms with Crippen LogP contribution in [0.3, 0.4) is 0 Å². The number of para-hydroxylation sites is 1. The molecule has 178 valence electrons. The van der Waals surface area contributed by atoms with E-state index in [2.05, 4.69) is 10.2 Å². The summed E-state index contributed by atoms with van der Waals surface area (Å²) in [5.41, 5.74) is 1.70. The largest absolute Gasteiger partial charge is 0.496 e. The van der Waals surface area contributed by atoms with E-state index < -0.39 is 0 Å². The van der Waals surface area contributed by atoms with Gasteiger partial charge in [-0.25, -0.2) is 0 Å². The van der Waals surface area contributed by atoms with Crippen molar-refractivity contribution in [3.05, 3.63) is 53.7 Å². The first kappa shape index (κ1) is 22.2. The zero-order valence-corrected chi connectivity index (χ0v) is 19.0. The van der Waals surface area contributed by atoms with Crippen LogP contribution in [0.5, 0.6) is 17.2 Å². The molecule has 1 N–H and O–H groups in total. The fourth-order valence-corrected chi connectivity index (χ4v) is 4.33. The molecule has 3 aliphatic heterocycles. The summed E-state index contributed by atoms with van der Waals surface area (Å²) in [7, 11) is 1.55. The molecule has 0 atom stereocenters. The highest BCUT2D eigenvalue weighted by molar-refractivity contribution is 6.37. The highest BCUT2D eigenvalue weighted by atomic mass is 16.6. The third-order valence-corrected chi connectivity index (χ3v) is 6.10. The summed E-state index contributed by atoms with van der Waals surface area (Å²) < 4.78 is 22.2. The summed E-state index contributed by atoms with van der Waals surface area (Å²) in [5.74, 6) is 1.06. The minimum Gasteiger partial charge on any atom is -0.496 e. The van der Waals surface area contributed by atoms with Gasteiger partial charge < -0.3 is 24.3 Å². The molecule has 9 nitrogen and oxygen atoms in total. The van der Waals surface area contributed by atoms with E-state index in [9.17, 15) is 9.59 Å². The third-order valence-electron chi connectivity index (χ3n) is 6.10. The Bertz CT molecular complexity index is 1130. The van der Waals surface area contributed by atoms with Gasteiger partial charge in [-0.15, -0.1) is 0 Å². The standard InChI is InChI=1S/C25H27N3O6/c1-31-19-5-3-2-4-18(19)22-23(26-17-6-7-20-21(16-17)34-15-14-33-20)25(30)28(24(22)29)9-8-27-10-12-32-13-11-27/h2-7,16,26H,8-15H2,1H3. The molecular formula is C25H27N3O6. The van der Waals surface area contributed by atoms with Crippen LogP contribution in [0, 0.1) is 0 Å². The van der Waals surface area contributed by atoms with Gasteiger partial charge in [0.15, 0.2) is 11.5 Å². The molecule has 0 aliphatic carbocycles. The lowest BCUT2D eigenvalue weighted by molar-refractivity contribution is -0.137. The lowest BCUT2D eigenvalue weighted by atomic mass is 10.0. The van der Waals surface area contributed by atoms with Crippen molar-refractivity contribution in [3.8, 4) is 17.2 Å². The Morgan fingerprint density at radius 3 is 2.47 bits per heavy atom. The van der Waals surface area contributed by atoms with Gasteiger partial charge in [-0.2, -0.15) is 0 Å². The van der Waals surface area contributed by atoms with E-state index in [1.54, 1.807) is 37.4 Å².